The number of nitrogens with zero attached hydrogens (tertiary/aromatic N) is 4. The molecule has 0 saturated heterocycles. The van der Waals surface area contributed by atoms with Crippen LogP contribution in [0.15, 0.2) is 60.2 Å². The van der Waals surface area contributed by atoms with Gasteiger partial charge in [-0.1, -0.05) is 17.7 Å². The summed E-state index contributed by atoms with van der Waals surface area (Å²) in [6.45, 7) is 0.0691. The molecule has 3 rings (SSSR count). The van der Waals surface area contributed by atoms with E-state index in [4.69, 9.17) is 16.3 Å². The van der Waals surface area contributed by atoms with Gasteiger partial charge in [0.25, 0.3) is 0 Å². The first-order valence-corrected chi connectivity index (χ1v) is 7.15. The summed E-state index contributed by atoms with van der Waals surface area (Å²) in [5, 5.41) is 11.8. The van der Waals surface area contributed by atoms with Crippen molar-refractivity contribution in [1.82, 2.24) is 14.9 Å². The van der Waals surface area contributed by atoms with Crippen LogP contribution in [0.4, 0.5) is 4.39 Å². The van der Waals surface area contributed by atoms with Gasteiger partial charge in [-0.25, -0.2) is 9.07 Å². The van der Waals surface area contributed by atoms with E-state index in [-0.39, 0.29) is 12.4 Å². The molecule has 116 valence electrons. The molecule has 3 aromatic rings. The summed E-state index contributed by atoms with van der Waals surface area (Å²) >= 11 is 5.96. The molecule has 0 radical (unpaired) electrons. The second-order valence-electron chi connectivity index (χ2n) is 4.64. The van der Waals surface area contributed by atoms with E-state index in [0.717, 1.165) is 5.56 Å². The van der Waals surface area contributed by atoms with Crippen LogP contribution < -0.4 is 4.74 Å². The zero-order chi connectivity index (χ0) is 16.1. The smallest absolute Gasteiger partial charge is 0.141 e. The van der Waals surface area contributed by atoms with E-state index in [1.54, 1.807) is 30.5 Å². The van der Waals surface area contributed by atoms with E-state index < -0.39 is 0 Å². The fourth-order valence-corrected chi connectivity index (χ4v) is 2.08. The summed E-state index contributed by atoms with van der Waals surface area (Å²) < 4.78 is 20.7. The van der Waals surface area contributed by atoms with Crippen molar-refractivity contribution < 1.29 is 9.13 Å². The maximum atomic E-state index is 13.7. The Hall–Kier alpha value is -2.73. The highest BCUT2D eigenvalue weighted by molar-refractivity contribution is 6.31. The maximum absolute atomic E-state index is 13.7. The molecule has 0 spiro atoms. The minimum absolute atomic E-state index is 0.0691. The first-order chi connectivity index (χ1) is 11.2. The predicted octanol–water partition coefficient (Wildman–Crippen LogP) is 3.53. The van der Waals surface area contributed by atoms with Crippen molar-refractivity contribution in [2.75, 3.05) is 0 Å². The molecular weight excluding hydrogens is 319 g/mol. The maximum Gasteiger partial charge on any atom is 0.141 e. The van der Waals surface area contributed by atoms with Gasteiger partial charge in [0.05, 0.1) is 11.2 Å². The molecule has 23 heavy (non-hydrogen) atoms. The third-order valence-corrected chi connectivity index (χ3v) is 3.43. The van der Waals surface area contributed by atoms with Crippen molar-refractivity contribution in [2.45, 2.75) is 6.61 Å². The lowest BCUT2D eigenvalue weighted by molar-refractivity contribution is 0.300. The monoisotopic (exact) mass is 330 g/mol. The second kappa shape index (κ2) is 7.02. The van der Waals surface area contributed by atoms with Crippen LogP contribution in [0.5, 0.6) is 5.75 Å². The zero-order valence-electron chi connectivity index (χ0n) is 11.9. The minimum atomic E-state index is -0.379. The van der Waals surface area contributed by atoms with Crippen molar-refractivity contribution in [3.8, 4) is 5.75 Å². The van der Waals surface area contributed by atoms with E-state index in [9.17, 15) is 4.39 Å². The fourth-order valence-electron chi connectivity index (χ4n) is 1.86. The van der Waals surface area contributed by atoms with Crippen molar-refractivity contribution in [1.29, 1.82) is 0 Å². The first-order valence-electron chi connectivity index (χ1n) is 6.77. The first kappa shape index (κ1) is 15.2. The van der Waals surface area contributed by atoms with Gasteiger partial charge >= 0.3 is 0 Å². The molecule has 0 bridgehead atoms. The molecule has 1 heterocycles. The number of ether oxygens (including phenoxy) is 1. The summed E-state index contributed by atoms with van der Waals surface area (Å²) in [6.07, 6.45) is 4.65. The SMILES string of the molecule is Fc1cccc(Cl)c1COc1ccc(/C=N\n2cnnc2)cc1. The van der Waals surface area contributed by atoms with Crippen molar-refractivity contribution in [2.24, 2.45) is 5.10 Å². The van der Waals surface area contributed by atoms with Crippen LogP contribution in [-0.4, -0.2) is 21.1 Å². The topological polar surface area (TPSA) is 52.3 Å². The van der Waals surface area contributed by atoms with Crippen LogP contribution in [0, 0.1) is 5.82 Å². The number of hydrogen-bond acceptors (Lipinski definition) is 4. The molecule has 2 aromatic carbocycles. The van der Waals surface area contributed by atoms with E-state index in [2.05, 4.69) is 15.3 Å². The van der Waals surface area contributed by atoms with Crippen LogP contribution in [0.3, 0.4) is 0 Å². The van der Waals surface area contributed by atoms with Crippen molar-refractivity contribution in [3.05, 3.63) is 77.1 Å². The van der Waals surface area contributed by atoms with Gasteiger partial charge in [0.2, 0.25) is 0 Å². The minimum Gasteiger partial charge on any atom is -0.489 e. The van der Waals surface area contributed by atoms with Crippen LogP contribution in [0.1, 0.15) is 11.1 Å². The van der Waals surface area contributed by atoms with Gasteiger partial charge in [-0.05, 0) is 42.0 Å². The lowest BCUT2D eigenvalue weighted by atomic mass is 10.2. The quantitative estimate of drug-likeness (QED) is 0.672. The average molecular weight is 331 g/mol. The molecule has 0 saturated carbocycles. The molecule has 0 aliphatic rings. The molecule has 0 aliphatic carbocycles. The molecule has 0 N–H and O–H groups in total. The van der Waals surface area contributed by atoms with Crippen LogP contribution in [0.2, 0.25) is 5.02 Å². The standard InChI is InChI=1S/C16H12ClFN4O/c17-15-2-1-3-16(18)14(15)9-23-13-6-4-12(5-7-13)8-21-22-10-19-20-11-22/h1-8,10-11H,9H2/b21-8-. The third-order valence-electron chi connectivity index (χ3n) is 3.07. The summed E-state index contributed by atoms with van der Waals surface area (Å²) in [4.78, 5) is 0. The van der Waals surface area contributed by atoms with Gasteiger partial charge < -0.3 is 4.74 Å². The Morgan fingerprint density at radius 3 is 2.57 bits per heavy atom. The van der Waals surface area contributed by atoms with Gasteiger partial charge in [-0.3, -0.25) is 0 Å². The molecule has 0 aliphatic heterocycles. The largest absolute Gasteiger partial charge is 0.489 e. The van der Waals surface area contributed by atoms with Gasteiger partial charge in [0.15, 0.2) is 0 Å². The molecule has 0 amide bonds. The third kappa shape index (κ3) is 3.92. The molecule has 0 unspecified atom stereocenters. The Morgan fingerprint density at radius 2 is 1.87 bits per heavy atom. The van der Waals surface area contributed by atoms with Crippen LogP contribution >= 0.6 is 11.6 Å². The van der Waals surface area contributed by atoms with E-state index >= 15 is 0 Å². The van der Waals surface area contributed by atoms with Gasteiger partial charge in [0, 0.05) is 5.56 Å². The number of halogens is 2. The summed E-state index contributed by atoms with van der Waals surface area (Å²) in [5.41, 5.74) is 1.22. The Balaban J connectivity index is 1.64. The van der Waals surface area contributed by atoms with Crippen LogP contribution in [-0.2, 0) is 6.61 Å². The molecule has 0 fully saturated rings. The number of rotatable bonds is 5. The van der Waals surface area contributed by atoms with Crippen molar-refractivity contribution >= 4 is 17.8 Å². The Bertz CT molecular complexity index is 783. The van der Waals surface area contributed by atoms with E-state index in [1.165, 1.54) is 23.4 Å². The highest BCUT2D eigenvalue weighted by atomic mass is 35.5. The lowest BCUT2D eigenvalue weighted by Crippen LogP contribution is -1.99. The second-order valence-corrected chi connectivity index (χ2v) is 5.05. The molecule has 1 aromatic heterocycles. The fraction of sp³-hybridized carbons (Fsp3) is 0.0625. The number of hydrogen-bond donors (Lipinski definition) is 0. The van der Waals surface area contributed by atoms with E-state index in [1.807, 2.05) is 12.1 Å². The van der Waals surface area contributed by atoms with Crippen molar-refractivity contribution in [3.63, 3.8) is 0 Å². The molecular formula is C16H12ClFN4O. The number of benzene rings is 2. The molecule has 7 heteroatoms. The Kier molecular flexibility index (Phi) is 4.63. The zero-order valence-corrected chi connectivity index (χ0v) is 12.7. The van der Waals surface area contributed by atoms with Gasteiger partial charge in [-0.2, -0.15) is 5.10 Å². The summed E-state index contributed by atoms with van der Waals surface area (Å²) in [6, 6.07) is 11.8. The lowest BCUT2D eigenvalue weighted by Gasteiger charge is -2.08. The Labute approximate surface area is 137 Å². The molecule has 5 nitrogen and oxygen atoms in total. The highest BCUT2D eigenvalue weighted by Gasteiger charge is 2.07. The predicted molar refractivity (Wildman–Crippen MR) is 85.2 cm³/mol. The van der Waals surface area contributed by atoms with Gasteiger partial charge in [-0.15, -0.1) is 10.2 Å². The number of aromatic nitrogens is 3. The van der Waals surface area contributed by atoms with E-state index in [0.29, 0.717) is 16.3 Å². The van der Waals surface area contributed by atoms with Crippen LogP contribution in [0.25, 0.3) is 0 Å². The normalized spacial score (nSPS) is 11.0. The molecule has 0 atom stereocenters. The highest BCUT2D eigenvalue weighted by Crippen LogP contribution is 2.21. The van der Waals surface area contributed by atoms with Gasteiger partial charge in [0.1, 0.15) is 30.8 Å². The average Bonchev–Trinajstić information content (AvgIpc) is 3.07. The summed E-state index contributed by atoms with van der Waals surface area (Å²) in [7, 11) is 0. The summed E-state index contributed by atoms with van der Waals surface area (Å²) in [5.74, 6) is 0.237. The Morgan fingerprint density at radius 1 is 1.13 bits per heavy atom.